The van der Waals surface area contributed by atoms with Gasteiger partial charge in [0.2, 0.25) is 5.91 Å². The normalized spacial score (nSPS) is 10.8. The lowest BCUT2D eigenvalue weighted by atomic mass is 10.0. The molecule has 0 aliphatic heterocycles. The number of nitrogens with one attached hydrogen (secondary N) is 1. The van der Waals surface area contributed by atoms with E-state index in [1.807, 2.05) is 72.3 Å². The van der Waals surface area contributed by atoms with Gasteiger partial charge in [0.05, 0.1) is 12.4 Å². The third kappa shape index (κ3) is 6.43. The van der Waals surface area contributed by atoms with E-state index in [-0.39, 0.29) is 24.9 Å². The molecule has 0 aliphatic rings. The number of esters is 1. The van der Waals surface area contributed by atoms with E-state index in [0.717, 1.165) is 22.4 Å². The Balaban J connectivity index is 1.42. The summed E-state index contributed by atoms with van der Waals surface area (Å²) >= 11 is 2.59. The molecule has 0 saturated carbocycles. The second-order valence-electron chi connectivity index (χ2n) is 8.45. The monoisotopic (exact) mass is 550 g/mol. The molecular formula is C28H30N4O4S2. The van der Waals surface area contributed by atoms with Crippen LogP contribution in [0, 0.1) is 13.8 Å². The number of thioether (sulfide) groups is 1. The minimum absolute atomic E-state index is 0.108. The predicted molar refractivity (Wildman–Crippen MR) is 151 cm³/mol. The maximum absolute atomic E-state index is 12.9. The highest BCUT2D eigenvalue weighted by atomic mass is 32.2. The van der Waals surface area contributed by atoms with Crippen LogP contribution in [0.5, 0.6) is 5.75 Å². The molecule has 2 aromatic heterocycles. The van der Waals surface area contributed by atoms with Crippen molar-refractivity contribution in [3.05, 3.63) is 76.4 Å². The predicted octanol–water partition coefficient (Wildman–Crippen LogP) is 6.13. The molecule has 38 heavy (non-hydrogen) atoms. The van der Waals surface area contributed by atoms with Crippen molar-refractivity contribution in [1.82, 2.24) is 14.8 Å². The number of ether oxygens (including phenoxy) is 2. The summed E-state index contributed by atoms with van der Waals surface area (Å²) < 4.78 is 13.1. The molecule has 0 atom stereocenters. The van der Waals surface area contributed by atoms with Crippen molar-refractivity contribution in [3.63, 3.8) is 0 Å². The number of anilines is 1. The number of hydrogen-bond donors (Lipinski definition) is 1. The van der Waals surface area contributed by atoms with Gasteiger partial charge in [0, 0.05) is 17.5 Å². The zero-order valence-electron chi connectivity index (χ0n) is 21.8. The highest BCUT2D eigenvalue weighted by Gasteiger charge is 2.23. The number of carbonyl (C=O) groups excluding carboxylic acids is 2. The van der Waals surface area contributed by atoms with Crippen LogP contribution in [0.3, 0.4) is 0 Å². The van der Waals surface area contributed by atoms with Gasteiger partial charge in [-0.3, -0.25) is 4.79 Å². The number of carbonyl (C=O) groups is 2. The van der Waals surface area contributed by atoms with Crippen LogP contribution in [0.2, 0.25) is 0 Å². The van der Waals surface area contributed by atoms with Crippen LogP contribution in [-0.4, -0.2) is 39.0 Å². The summed E-state index contributed by atoms with van der Waals surface area (Å²) in [6.07, 6.45) is 0. The first-order valence-electron chi connectivity index (χ1n) is 12.3. The van der Waals surface area contributed by atoms with Crippen molar-refractivity contribution < 1.29 is 19.1 Å². The number of aryl methyl sites for hydroxylation is 2. The third-order valence-electron chi connectivity index (χ3n) is 5.90. The fourth-order valence-corrected chi connectivity index (χ4v) is 5.58. The van der Waals surface area contributed by atoms with Crippen LogP contribution in [-0.2, 0) is 22.7 Å². The summed E-state index contributed by atoms with van der Waals surface area (Å²) in [5.41, 5.74) is 4.35. The number of thiophene rings is 1. The molecular weight excluding hydrogens is 520 g/mol. The first kappa shape index (κ1) is 27.4. The van der Waals surface area contributed by atoms with E-state index in [1.165, 1.54) is 28.7 Å². The summed E-state index contributed by atoms with van der Waals surface area (Å²) in [7, 11) is 0. The van der Waals surface area contributed by atoms with Gasteiger partial charge in [-0.15, -0.1) is 21.5 Å². The van der Waals surface area contributed by atoms with Gasteiger partial charge in [0.15, 0.2) is 11.0 Å². The zero-order valence-corrected chi connectivity index (χ0v) is 23.4. The first-order chi connectivity index (χ1) is 18.4. The summed E-state index contributed by atoms with van der Waals surface area (Å²) in [6, 6.07) is 15.5. The highest BCUT2D eigenvalue weighted by Crippen LogP contribution is 2.36. The largest absolute Gasteiger partial charge is 0.486 e. The van der Waals surface area contributed by atoms with Crippen molar-refractivity contribution in [2.45, 2.75) is 46.0 Å². The van der Waals surface area contributed by atoms with Gasteiger partial charge in [0.1, 0.15) is 22.9 Å². The molecule has 2 heterocycles. The molecule has 0 bridgehead atoms. The van der Waals surface area contributed by atoms with Crippen molar-refractivity contribution >= 4 is 40.0 Å². The molecule has 1 N–H and O–H groups in total. The number of amides is 1. The molecule has 4 aromatic rings. The van der Waals surface area contributed by atoms with Gasteiger partial charge >= 0.3 is 5.97 Å². The SMILES string of the molecule is CCOC(=O)c1c(-c2ccccc2)csc1NC(=O)CSc1nnc(COc2ccc(C)c(C)c2)n1CC. The van der Waals surface area contributed by atoms with Crippen LogP contribution in [0.15, 0.2) is 59.1 Å². The minimum Gasteiger partial charge on any atom is -0.486 e. The smallest absolute Gasteiger partial charge is 0.341 e. The Morgan fingerprint density at radius 3 is 2.55 bits per heavy atom. The number of nitrogens with zero attached hydrogens (tertiary/aromatic N) is 3. The second-order valence-corrected chi connectivity index (χ2v) is 10.3. The molecule has 2 aromatic carbocycles. The molecule has 4 rings (SSSR count). The van der Waals surface area contributed by atoms with Crippen LogP contribution in [0.1, 0.15) is 41.2 Å². The molecule has 10 heteroatoms. The average molecular weight is 551 g/mol. The Kier molecular flexibility index (Phi) is 9.19. The fourth-order valence-electron chi connectivity index (χ4n) is 3.78. The standard InChI is InChI=1S/C28H30N4O4S2/c1-5-32-23(15-36-21-13-12-18(3)19(4)14-21)30-31-28(32)38-17-24(33)29-26-25(27(34)35-6-2)22(16-37-26)20-10-8-7-9-11-20/h7-14,16H,5-6,15,17H2,1-4H3,(H,29,33). The van der Waals surface area contributed by atoms with Gasteiger partial charge in [-0.1, -0.05) is 48.2 Å². The lowest BCUT2D eigenvalue weighted by Gasteiger charge is -2.10. The van der Waals surface area contributed by atoms with Crippen molar-refractivity contribution in [1.29, 1.82) is 0 Å². The molecule has 8 nitrogen and oxygen atoms in total. The Hall–Kier alpha value is -3.63. The van der Waals surface area contributed by atoms with Gasteiger partial charge in [-0.25, -0.2) is 4.79 Å². The van der Waals surface area contributed by atoms with Gasteiger partial charge < -0.3 is 19.4 Å². The van der Waals surface area contributed by atoms with E-state index in [4.69, 9.17) is 9.47 Å². The summed E-state index contributed by atoms with van der Waals surface area (Å²) in [5, 5.41) is 14.4. The van der Waals surface area contributed by atoms with Crippen molar-refractivity contribution in [2.75, 3.05) is 17.7 Å². The molecule has 0 unspecified atom stereocenters. The minimum atomic E-state index is -0.463. The lowest BCUT2D eigenvalue weighted by molar-refractivity contribution is -0.113. The molecule has 0 radical (unpaired) electrons. The summed E-state index contributed by atoms with van der Waals surface area (Å²) in [4.78, 5) is 25.6. The van der Waals surface area contributed by atoms with E-state index in [9.17, 15) is 9.59 Å². The van der Waals surface area contributed by atoms with E-state index in [0.29, 0.717) is 28.1 Å². The first-order valence-corrected chi connectivity index (χ1v) is 14.2. The van der Waals surface area contributed by atoms with Gasteiger partial charge in [0.25, 0.3) is 0 Å². The number of rotatable bonds is 11. The Bertz CT molecular complexity index is 1420. The third-order valence-corrected chi connectivity index (χ3v) is 7.76. The Morgan fingerprint density at radius 1 is 1.05 bits per heavy atom. The van der Waals surface area contributed by atoms with Gasteiger partial charge in [-0.05, 0) is 56.5 Å². The van der Waals surface area contributed by atoms with E-state index in [1.54, 1.807) is 6.92 Å². The quantitative estimate of drug-likeness (QED) is 0.177. The molecule has 0 spiro atoms. The maximum Gasteiger partial charge on any atom is 0.341 e. The Labute approximate surface area is 230 Å². The number of aromatic nitrogens is 3. The van der Waals surface area contributed by atoms with E-state index in [2.05, 4.69) is 22.4 Å². The number of hydrogen-bond acceptors (Lipinski definition) is 8. The van der Waals surface area contributed by atoms with Crippen LogP contribution < -0.4 is 10.1 Å². The fraction of sp³-hybridized carbons (Fsp3) is 0.286. The summed E-state index contributed by atoms with van der Waals surface area (Å²) in [6.45, 7) is 9.02. The zero-order chi connectivity index (χ0) is 27.1. The van der Waals surface area contributed by atoms with Crippen molar-refractivity contribution in [2.24, 2.45) is 0 Å². The molecule has 0 aliphatic carbocycles. The molecule has 1 amide bonds. The summed E-state index contributed by atoms with van der Waals surface area (Å²) in [5.74, 6) is 0.853. The average Bonchev–Trinajstić information content (AvgIpc) is 3.52. The van der Waals surface area contributed by atoms with Crippen LogP contribution in [0.4, 0.5) is 5.00 Å². The Morgan fingerprint density at radius 2 is 1.84 bits per heavy atom. The van der Waals surface area contributed by atoms with Crippen molar-refractivity contribution in [3.8, 4) is 16.9 Å². The maximum atomic E-state index is 12.9. The van der Waals surface area contributed by atoms with Crippen LogP contribution in [0.25, 0.3) is 11.1 Å². The van der Waals surface area contributed by atoms with E-state index < -0.39 is 5.97 Å². The topological polar surface area (TPSA) is 95.3 Å². The molecule has 0 saturated heterocycles. The molecule has 198 valence electrons. The second kappa shape index (κ2) is 12.7. The lowest BCUT2D eigenvalue weighted by Crippen LogP contribution is -2.17. The highest BCUT2D eigenvalue weighted by molar-refractivity contribution is 7.99. The number of benzene rings is 2. The van der Waals surface area contributed by atoms with E-state index >= 15 is 0 Å². The molecule has 0 fully saturated rings. The van der Waals surface area contributed by atoms with Crippen LogP contribution >= 0.6 is 23.1 Å². The van der Waals surface area contributed by atoms with Gasteiger partial charge in [-0.2, -0.15) is 0 Å².